The lowest BCUT2D eigenvalue weighted by atomic mass is 10.1. The summed E-state index contributed by atoms with van der Waals surface area (Å²) in [5, 5.41) is 7.33. The van der Waals surface area contributed by atoms with Crippen molar-refractivity contribution in [3.05, 3.63) is 49.3 Å². The van der Waals surface area contributed by atoms with Crippen LogP contribution in [0, 0.1) is 6.92 Å². The topological polar surface area (TPSA) is 24.9 Å². The summed E-state index contributed by atoms with van der Waals surface area (Å²) in [6, 6.07) is 5.92. The molecular formula is C13H14BrClN2S. The van der Waals surface area contributed by atoms with Crippen LogP contribution < -0.4 is 5.32 Å². The van der Waals surface area contributed by atoms with Crippen LogP contribution in [0.25, 0.3) is 0 Å². The Morgan fingerprint density at radius 3 is 2.89 bits per heavy atom. The Bertz CT molecular complexity index is 542. The van der Waals surface area contributed by atoms with Gasteiger partial charge in [-0.3, -0.25) is 0 Å². The van der Waals surface area contributed by atoms with Gasteiger partial charge in [-0.2, -0.15) is 0 Å². The van der Waals surface area contributed by atoms with Gasteiger partial charge in [-0.1, -0.05) is 34.5 Å². The Kier molecular flexibility index (Phi) is 4.78. The smallest absolute Gasteiger partial charge is 0.114 e. The number of aryl methyl sites for hydroxylation is 1. The summed E-state index contributed by atoms with van der Waals surface area (Å²) < 4.78 is 1.05. The predicted molar refractivity (Wildman–Crippen MR) is 81.5 cm³/mol. The van der Waals surface area contributed by atoms with E-state index in [4.69, 9.17) is 11.6 Å². The molecule has 1 atom stereocenters. The fourth-order valence-corrected chi connectivity index (χ4v) is 3.32. The number of aromatic nitrogens is 1. The zero-order valence-corrected chi connectivity index (χ0v) is 13.4. The lowest BCUT2D eigenvalue weighted by Crippen LogP contribution is -2.22. The molecule has 2 rings (SSSR count). The molecule has 1 N–H and O–H groups in total. The van der Waals surface area contributed by atoms with E-state index in [-0.39, 0.29) is 6.04 Å². The molecule has 0 aliphatic rings. The van der Waals surface area contributed by atoms with E-state index in [0.29, 0.717) is 0 Å². The molecule has 2 nitrogen and oxygen atoms in total. The summed E-state index contributed by atoms with van der Waals surface area (Å²) in [6.45, 7) is 4.98. The molecule has 1 aromatic carbocycles. The fourth-order valence-electron chi connectivity index (χ4n) is 1.78. The second kappa shape index (κ2) is 6.15. The van der Waals surface area contributed by atoms with Gasteiger partial charge in [0.15, 0.2) is 0 Å². The largest absolute Gasteiger partial charge is 0.305 e. The molecule has 2 aromatic rings. The summed E-state index contributed by atoms with van der Waals surface area (Å²) in [7, 11) is 0. The van der Waals surface area contributed by atoms with Crippen LogP contribution in [0.15, 0.2) is 28.1 Å². The fraction of sp³-hybridized carbons (Fsp3) is 0.308. The van der Waals surface area contributed by atoms with Crippen molar-refractivity contribution in [3.8, 4) is 0 Å². The van der Waals surface area contributed by atoms with Crippen LogP contribution in [-0.2, 0) is 0 Å². The van der Waals surface area contributed by atoms with E-state index in [9.17, 15) is 0 Å². The van der Waals surface area contributed by atoms with E-state index < -0.39 is 0 Å². The van der Waals surface area contributed by atoms with Crippen LogP contribution in [0.3, 0.4) is 0 Å². The third-order valence-corrected chi connectivity index (χ3v) is 4.55. The summed E-state index contributed by atoms with van der Waals surface area (Å²) in [6.07, 6.45) is 0. The Morgan fingerprint density at radius 2 is 2.28 bits per heavy atom. The molecule has 0 fully saturated rings. The first-order chi connectivity index (χ1) is 8.61. The Balaban J connectivity index is 2.44. The zero-order valence-electron chi connectivity index (χ0n) is 10.2. The summed E-state index contributed by atoms with van der Waals surface area (Å²) in [5.74, 6) is 0. The Morgan fingerprint density at radius 1 is 1.50 bits per heavy atom. The normalized spacial score (nSPS) is 12.7. The van der Waals surface area contributed by atoms with Gasteiger partial charge >= 0.3 is 0 Å². The van der Waals surface area contributed by atoms with Crippen LogP contribution in [0.2, 0.25) is 5.02 Å². The van der Waals surface area contributed by atoms with Gasteiger partial charge in [0.25, 0.3) is 0 Å². The number of nitrogens with one attached hydrogen (secondary N) is 1. The van der Waals surface area contributed by atoms with Crippen LogP contribution in [0.1, 0.15) is 29.2 Å². The highest BCUT2D eigenvalue weighted by Crippen LogP contribution is 2.32. The highest BCUT2D eigenvalue weighted by molar-refractivity contribution is 9.10. The summed E-state index contributed by atoms with van der Waals surface area (Å²) in [4.78, 5) is 4.57. The molecule has 1 heterocycles. The molecule has 1 aromatic heterocycles. The zero-order chi connectivity index (χ0) is 13.1. The van der Waals surface area contributed by atoms with Crippen molar-refractivity contribution in [1.29, 1.82) is 0 Å². The number of nitrogens with zero attached hydrogens (tertiary/aromatic N) is 1. The highest BCUT2D eigenvalue weighted by atomic mass is 79.9. The minimum Gasteiger partial charge on any atom is -0.305 e. The van der Waals surface area contributed by atoms with Gasteiger partial charge in [0.05, 0.1) is 6.04 Å². The van der Waals surface area contributed by atoms with Gasteiger partial charge in [-0.25, -0.2) is 4.98 Å². The third-order valence-electron chi connectivity index (χ3n) is 2.56. The van der Waals surface area contributed by atoms with Crippen molar-refractivity contribution < 1.29 is 0 Å². The predicted octanol–water partition coefficient (Wildman–Crippen LogP) is 4.57. The van der Waals surface area contributed by atoms with Crippen LogP contribution in [0.5, 0.6) is 0 Å². The van der Waals surface area contributed by atoms with Gasteiger partial charge in [0, 0.05) is 20.6 Å². The Labute approximate surface area is 125 Å². The molecule has 5 heteroatoms. The lowest BCUT2D eigenvalue weighted by Gasteiger charge is -2.17. The minimum absolute atomic E-state index is 0.0850. The van der Waals surface area contributed by atoms with Crippen LogP contribution in [-0.4, -0.2) is 11.5 Å². The molecule has 0 aliphatic carbocycles. The highest BCUT2D eigenvalue weighted by Gasteiger charge is 2.19. The molecule has 0 bridgehead atoms. The van der Waals surface area contributed by atoms with E-state index in [0.717, 1.165) is 32.3 Å². The van der Waals surface area contributed by atoms with Gasteiger partial charge in [0.1, 0.15) is 5.01 Å². The van der Waals surface area contributed by atoms with Crippen molar-refractivity contribution in [2.24, 2.45) is 0 Å². The average molecular weight is 346 g/mol. The lowest BCUT2D eigenvalue weighted by molar-refractivity contribution is 0.624. The van der Waals surface area contributed by atoms with Crippen molar-refractivity contribution in [1.82, 2.24) is 10.3 Å². The van der Waals surface area contributed by atoms with Crippen molar-refractivity contribution in [3.63, 3.8) is 0 Å². The minimum atomic E-state index is 0.0850. The second-order valence-electron chi connectivity index (χ2n) is 3.98. The first-order valence-electron chi connectivity index (χ1n) is 5.72. The summed E-state index contributed by atoms with van der Waals surface area (Å²) >= 11 is 11.3. The average Bonchev–Trinajstić information content (AvgIpc) is 2.76. The van der Waals surface area contributed by atoms with E-state index >= 15 is 0 Å². The second-order valence-corrected chi connectivity index (χ2v) is 6.16. The van der Waals surface area contributed by atoms with Crippen molar-refractivity contribution >= 4 is 38.9 Å². The molecule has 1 unspecified atom stereocenters. The van der Waals surface area contributed by atoms with Gasteiger partial charge in [0.2, 0.25) is 0 Å². The first-order valence-corrected chi connectivity index (χ1v) is 7.77. The molecule has 0 saturated heterocycles. The molecule has 0 radical (unpaired) electrons. The van der Waals surface area contributed by atoms with E-state index in [1.807, 2.05) is 25.1 Å². The Hall–Kier alpha value is -0.420. The third kappa shape index (κ3) is 3.12. The van der Waals surface area contributed by atoms with Gasteiger partial charge in [-0.05, 0) is 37.2 Å². The summed E-state index contributed by atoms with van der Waals surface area (Å²) in [5.41, 5.74) is 2.18. The van der Waals surface area contributed by atoms with Crippen molar-refractivity contribution in [2.45, 2.75) is 19.9 Å². The van der Waals surface area contributed by atoms with Crippen LogP contribution >= 0.6 is 38.9 Å². The maximum Gasteiger partial charge on any atom is 0.114 e. The van der Waals surface area contributed by atoms with E-state index in [2.05, 4.69) is 38.5 Å². The molecule has 0 amide bonds. The van der Waals surface area contributed by atoms with Crippen LogP contribution in [0.4, 0.5) is 0 Å². The van der Waals surface area contributed by atoms with Crippen molar-refractivity contribution in [2.75, 3.05) is 6.54 Å². The molecule has 0 spiro atoms. The molecule has 18 heavy (non-hydrogen) atoms. The monoisotopic (exact) mass is 344 g/mol. The number of rotatable bonds is 4. The maximum atomic E-state index is 6.09. The van der Waals surface area contributed by atoms with Gasteiger partial charge in [-0.15, -0.1) is 11.3 Å². The quantitative estimate of drug-likeness (QED) is 0.878. The number of thiazole rings is 1. The number of hydrogen-bond donors (Lipinski definition) is 1. The van der Waals surface area contributed by atoms with E-state index in [1.165, 1.54) is 0 Å². The SMILES string of the molecule is CCNC(c1nc(C)cs1)c1cc(Cl)ccc1Br. The van der Waals surface area contributed by atoms with E-state index in [1.54, 1.807) is 11.3 Å². The number of benzene rings is 1. The number of halogens is 2. The molecule has 0 saturated carbocycles. The first kappa shape index (κ1) is 14.0. The standard InChI is InChI=1S/C13H14BrClN2S/c1-3-16-12(13-17-8(2)7-18-13)10-6-9(15)4-5-11(10)14/h4-7,12,16H,3H2,1-2H3. The molecule has 96 valence electrons. The van der Waals surface area contributed by atoms with Gasteiger partial charge < -0.3 is 5.32 Å². The molecule has 0 aliphatic heterocycles. The maximum absolute atomic E-state index is 6.09. The number of hydrogen-bond acceptors (Lipinski definition) is 3. The molecular weight excluding hydrogens is 332 g/mol.